The van der Waals surface area contributed by atoms with E-state index in [0.29, 0.717) is 16.9 Å². The number of aromatic nitrogens is 3. The van der Waals surface area contributed by atoms with Gasteiger partial charge in [0.15, 0.2) is 0 Å². The van der Waals surface area contributed by atoms with Crippen molar-refractivity contribution in [1.82, 2.24) is 15.2 Å². The first kappa shape index (κ1) is 18.4. The van der Waals surface area contributed by atoms with Crippen molar-refractivity contribution in [1.29, 1.82) is 0 Å². The van der Waals surface area contributed by atoms with Crippen LogP contribution in [-0.2, 0) is 4.79 Å². The number of benzene rings is 2. The fourth-order valence-corrected chi connectivity index (χ4v) is 3.09. The second-order valence-corrected chi connectivity index (χ2v) is 6.52. The summed E-state index contributed by atoms with van der Waals surface area (Å²) in [4.78, 5) is 16.1. The highest BCUT2D eigenvalue weighted by atomic mass is 19.1. The summed E-state index contributed by atoms with van der Waals surface area (Å²) in [6.45, 7) is 1.47. The monoisotopic (exact) mass is 384 g/mol. The van der Waals surface area contributed by atoms with Gasteiger partial charge in [-0.1, -0.05) is 24.3 Å². The molecular formula is C23H17FN4O. The van der Waals surface area contributed by atoms with Gasteiger partial charge in [-0.2, -0.15) is 10.2 Å². The summed E-state index contributed by atoms with van der Waals surface area (Å²) >= 11 is 0. The van der Waals surface area contributed by atoms with Gasteiger partial charge < -0.3 is 5.32 Å². The average molecular weight is 384 g/mol. The lowest BCUT2D eigenvalue weighted by Crippen LogP contribution is -2.07. The highest BCUT2D eigenvalue weighted by Gasteiger charge is 2.11. The second kappa shape index (κ2) is 7.98. The third-order valence-corrected chi connectivity index (χ3v) is 4.44. The third kappa shape index (κ3) is 4.16. The van der Waals surface area contributed by atoms with E-state index in [1.807, 2.05) is 42.5 Å². The molecule has 2 heterocycles. The smallest absolute Gasteiger partial charge is 0.221 e. The zero-order valence-corrected chi connectivity index (χ0v) is 15.6. The van der Waals surface area contributed by atoms with Crippen LogP contribution >= 0.6 is 0 Å². The van der Waals surface area contributed by atoms with Gasteiger partial charge in [-0.15, -0.1) is 0 Å². The molecule has 0 aliphatic heterocycles. The Hall–Kier alpha value is -3.93. The van der Waals surface area contributed by atoms with E-state index >= 15 is 0 Å². The van der Waals surface area contributed by atoms with Crippen LogP contribution < -0.4 is 5.32 Å². The molecule has 2 aromatic carbocycles. The van der Waals surface area contributed by atoms with Gasteiger partial charge in [-0.05, 0) is 42.0 Å². The standard InChI is InChI=1S/C23H17FN4O/c1-15(29)28-23-8-5-16(18-9-10-26-27-14-18)12-21(23)19-6-7-22(25-13-19)17-3-2-4-20(24)11-17/h2-14H,1H3,(H,28,29). The van der Waals surface area contributed by atoms with Gasteiger partial charge in [-0.25, -0.2) is 4.39 Å². The number of carbonyl (C=O) groups excluding carboxylic acids is 1. The molecular weight excluding hydrogens is 367 g/mol. The SMILES string of the molecule is CC(=O)Nc1ccc(-c2ccnnc2)cc1-c1ccc(-c2cccc(F)c2)nc1. The third-order valence-electron chi connectivity index (χ3n) is 4.44. The summed E-state index contributed by atoms with van der Waals surface area (Å²) in [5, 5.41) is 10.6. The molecule has 0 bridgehead atoms. The Morgan fingerprint density at radius 3 is 2.41 bits per heavy atom. The van der Waals surface area contributed by atoms with Crippen LogP contribution in [0, 0.1) is 5.82 Å². The van der Waals surface area contributed by atoms with Crippen LogP contribution in [-0.4, -0.2) is 21.1 Å². The van der Waals surface area contributed by atoms with E-state index < -0.39 is 0 Å². The van der Waals surface area contributed by atoms with Crippen molar-refractivity contribution in [2.24, 2.45) is 0 Å². The number of hydrogen-bond acceptors (Lipinski definition) is 4. The first-order valence-corrected chi connectivity index (χ1v) is 9.01. The summed E-state index contributed by atoms with van der Waals surface area (Å²) in [6.07, 6.45) is 5.03. The van der Waals surface area contributed by atoms with Crippen molar-refractivity contribution in [2.75, 3.05) is 5.32 Å². The van der Waals surface area contributed by atoms with Gasteiger partial charge >= 0.3 is 0 Å². The predicted molar refractivity (Wildman–Crippen MR) is 110 cm³/mol. The molecule has 0 radical (unpaired) electrons. The lowest BCUT2D eigenvalue weighted by molar-refractivity contribution is -0.114. The van der Waals surface area contributed by atoms with E-state index in [1.165, 1.54) is 19.1 Å². The number of nitrogens with one attached hydrogen (secondary N) is 1. The molecule has 0 atom stereocenters. The van der Waals surface area contributed by atoms with Crippen molar-refractivity contribution in [3.63, 3.8) is 0 Å². The molecule has 4 aromatic rings. The predicted octanol–water partition coefficient (Wildman–Crippen LogP) is 4.97. The molecule has 0 fully saturated rings. The Labute approximate surface area is 167 Å². The van der Waals surface area contributed by atoms with Crippen LogP contribution in [0.1, 0.15) is 6.92 Å². The summed E-state index contributed by atoms with van der Waals surface area (Å²) in [5.74, 6) is -0.464. The maximum absolute atomic E-state index is 13.5. The molecule has 4 rings (SSSR count). The Morgan fingerprint density at radius 2 is 1.72 bits per heavy atom. The molecule has 0 unspecified atom stereocenters. The molecule has 1 N–H and O–H groups in total. The van der Waals surface area contributed by atoms with Gasteiger partial charge in [0.25, 0.3) is 0 Å². The molecule has 29 heavy (non-hydrogen) atoms. The van der Waals surface area contributed by atoms with E-state index in [0.717, 1.165) is 22.3 Å². The van der Waals surface area contributed by atoms with Gasteiger partial charge in [0.2, 0.25) is 5.91 Å². The van der Waals surface area contributed by atoms with Crippen LogP contribution in [0.4, 0.5) is 10.1 Å². The minimum Gasteiger partial charge on any atom is -0.326 e. The molecule has 6 heteroatoms. The highest BCUT2D eigenvalue weighted by molar-refractivity contribution is 5.95. The van der Waals surface area contributed by atoms with Crippen molar-refractivity contribution in [2.45, 2.75) is 6.92 Å². The highest BCUT2D eigenvalue weighted by Crippen LogP contribution is 2.33. The van der Waals surface area contributed by atoms with Gasteiger partial charge in [-0.3, -0.25) is 9.78 Å². The Kier molecular flexibility index (Phi) is 5.07. The normalized spacial score (nSPS) is 10.6. The van der Waals surface area contributed by atoms with Crippen LogP contribution in [0.5, 0.6) is 0 Å². The Balaban J connectivity index is 1.76. The van der Waals surface area contributed by atoms with Crippen LogP contribution in [0.15, 0.2) is 79.3 Å². The number of halogens is 1. The minimum absolute atomic E-state index is 0.158. The number of amides is 1. The molecule has 142 valence electrons. The van der Waals surface area contributed by atoms with Crippen LogP contribution in [0.2, 0.25) is 0 Å². The molecule has 0 aliphatic carbocycles. The van der Waals surface area contributed by atoms with Gasteiger partial charge in [0, 0.05) is 41.1 Å². The Morgan fingerprint density at radius 1 is 0.862 bits per heavy atom. The number of rotatable bonds is 4. The van der Waals surface area contributed by atoms with E-state index in [2.05, 4.69) is 20.5 Å². The van der Waals surface area contributed by atoms with Crippen LogP contribution in [0.25, 0.3) is 33.5 Å². The lowest BCUT2D eigenvalue weighted by atomic mass is 9.98. The fourth-order valence-electron chi connectivity index (χ4n) is 3.09. The average Bonchev–Trinajstić information content (AvgIpc) is 2.74. The van der Waals surface area contributed by atoms with Crippen molar-refractivity contribution in [3.8, 4) is 33.5 Å². The van der Waals surface area contributed by atoms with E-state index in [9.17, 15) is 9.18 Å². The number of hydrogen-bond donors (Lipinski definition) is 1. The van der Waals surface area contributed by atoms with Gasteiger partial charge in [0.05, 0.1) is 18.1 Å². The molecule has 5 nitrogen and oxygen atoms in total. The molecule has 0 saturated heterocycles. The minimum atomic E-state index is -0.306. The van der Waals surface area contributed by atoms with Crippen LogP contribution in [0.3, 0.4) is 0 Å². The van der Waals surface area contributed by atoms with Crippen molar-refractivity contribution in [3.05, 3.63) is 85.1 Å². The topological polar surface area (TPSA) is 67.8 Å². The maximum Gasteiger partial charge on any atom is 0.221 e. The van der Waals surface area contributed by atoms with Crippen molar-refractivity contribution >= 4 is 11.6 Å². The first-order valence-electron chi connectivity index (χ1n) is 9.01. The number of carbonyl (C=O) groups is 1. The number of anilines is 1. The zero-order valence-electron chi connectivity index (χ0n) is 15.6. The summed E-state index contributed by atoms with van der Waals surface area (Å²) in [7, 11) is 0. The summed E-state index contributed by atoms with van der Waals surface area (Å²) in [5.41, 5.74) is 5.58. The lowest BCUT2D eigenvalue weighted by Gasteiger charge is -2.13. The number of pyridine rings is 1. The second-order valence-electron chi connectivity index (χ2n) is 6.52. The quantitative estimate of drug-likeness (QED) is 0.539. The first-order chi connectivity index (χ1) is 14.1. The summed E-state index contributed by atoms with van der Waals surface area (Å²) in [6, 6.07) is 17.7. The maximum atomic E-state index is 13.5. The zero-order chi connectivity index (χ0) is 20.2. The van der Waals surface area contributed by atoms with E-state index in [4.69, 9.17) is 0 Å². The fraction of sp³-hybridized carbons (Fsp3) is 0.0435. The Bertz CT molecular complexity index is 1160. The molecule has 1 amide bonds. The van der Waals surface area contributed by atoms with E-state index in [1.54, 1.807) is 24.7 Å². The largest absolute Gasteiger partial charge is 0.326 e. The molecule has 2 aromatic heterocycles. The number of nitrogens with zero attached hydrogens (tertiary/aromatic N) is 3. The van der Waals surface area contributed by atoms with Gasteiger partial charge in [0.1, 0.15) is 5.82 Å². The molecule has 0 saturated carbocycles. The van der Waals surface area contributed by atoms with Crippen molar-refractivity contribution < 1.29 is 9.18 Å². The van der Waals surface area contributed by atoms with E-state index in [-0.39, 0.29) is 11.7 Å². The summed E-state index contributed by atoms with van der Waals surface area (Å²) < 4.78 is 13.5. The molecule has 0 aliphatic rings. The molecule has 0 spiro atoms.